The molecule has 2 amide bonds. The number of fused-ring (bicyclic) bond motifs is 2. The monoisotopic (exact) mass is 438 g/mol. The Labute approximate surface area is 188 Å². The molecule has 0 aromatic heterocycles. The molecule has 8 heteroatoms. The van der Waals surface area contributed by atoms with Crippen molar-refractivity contribution in [2.75, 3.05) is 57.7 Å². The minimum atomic E-state index is -0.716. The molecule has 32 heavy (non-hydrogen) atoms. The summed E-state index contributed by atoms with van der Waals surface area (Å²) >= 11 is 0. The van der Waals surface area contributed by atoms with Crippen LogP contribution in [0.3, 0.4) is 0 Å². The predicted octanol–water partition coefficient (Wildman–Crippen LogP) is 2.20. The normalized spacial score (nSPS) is 15.7. The van der Waals surface area contributed by atoms with Gasteiger partial charge in [0.1, 0.15) is 13.2 Å². The van der Waals surface area contributed by atoms with Gasteiger partial charge in [-0.1, -0.05) is 12.1 Å². The number of carbonyl (C=O) groups excluding carboxylic acids is 2. The Kier molecular flexibility index (Phi) is 6.50. The van der Waals surface area contributed by atoms with Crippen LogP contribution in [0.15, 0.2) is 36.4 Å². The van der Waals surface area contributed by atoms with Gasteiger partial charge >= 0.3 is 11.8 Å². The third kappa shape index (κ3) is 4.80. The highest BCUT2D eigenvalue weighted by molar-refractivity contribution is 6.39. The van der Waals surface area contributed by atoms with Crippen LogP contribution >= 0.6 is 0 Å². The number of ether oxygens (including phenoxy) is 2. The van der Waals surface area contributed by atoms with Gasteiger partial charge in [-0.25, -0.2) is 0 Å². The topological polar surface area (TPSA) is 83.1 Å². The first kappa shape index (κ1) is 22.0. The van der Waals surface area contributed by atoms with E-state index in [4.69, 9.17) is 9.47 Å². The second kappa shape index (κ2) is 9.48. The molecule has 0 aliphatic carbocycles. The number of likely N-dealkylation sites (N-methyl/N-ethyl adjacent to an activating group) is 1. The number of rotatable bonds is 5. The summed E-state index contributed by atoms with van der Waals surface area (Å²) < 4.78 is 11.0. The molecule has 2 aliphatic heterocycles. The summed E-state index contributed by atoms with van der Waals surface area (Å²) in [7, 11) is 6.05. The predicted molar refractivity (Wildman–Crippen MR) is 124 cm³/mol. The van der Waals surface area contributed by atoms with Crippen molar-refractivity contribution >= 4 is 23.2 Å². The maximum absolute atomic E-state index is 12.5. The van der Waals surface area contributed by atoms with Crippen molar-refractivity contribution in [3.8, 4) is 11.5 Å². The number of hydrogen-bond donors (Lipinski definition) is 2. The van der Waals surface area contributed by atoms with Crippen molar-refractivity contribution in [2.45, 2.75) is 18.9 Å². The van der Waals surface area contributed by atoms with Crippen LogP contribution < -0.4 is 25.0 Å². The Morgan fingerprint density at radius 1 is 1.06 bits per heavy atom. The molecule has 0 unspecified atom stereocenters. The lowest BCUT2D eigenvalue weighted by Gasteiger charge is -2.30. The molecule has 2 aliphatic rings. The van der Waals surface area contributed by atoms with Gasteiger partial charge in [-0.2, -0.15) is 0 Å². The molecule has 4 rings (SSSR count). The molecule has 2 heterocycles. The highest BCUT2D eigenvalue weighted by Crippen LogP contribution is 2.33. The molecule has 0 saturated heterocycles. The third-order valence-corrected chi connectivity index (χ3v) is 5.92. The number of nitrogens with zero attached hydrogens (tertiary/aromatic N) is 2. The second-order valence-corrected chi connectivity index (χ2v) is 8.42. The van der Waals surface area contributed by atoms with E-state index >= 15 is 0 Å². The summed E-state index contributed by atoms with van der Waals surface area (Å²) in [6.45, 7) is 2.35. The molecule has 8 nitrogen and oxygen atoms in total. The summed E-state index contributed by atoms with van der Waals surface area (Å²) in [6.07, 6.45) is 2.19. The number of aryl methyl sites for hydroxylation is 1. The molecule has 170 valence electrons. The van der Waals surface area contributed by atoms with E-state index < -0.39 is 11.8 Å². The van der Waals surface area contributed by atoms with Crippen molar-refractivity contribution in [1.82, 2.24) is 10.2 Å². The lowest BCUT2D eigenvalue weighted by molar-refractivity contribution is -0.136. The molecular formula is C24H30N4O4. The maximum atomic E-state index is 12.5. The molecule has 0 bridgehead atoms. The highest BCUT2D eigenvalue weighted by atomic mass is 16.6. The largest absolute Gasteiger partial charge is 0.486 e. The van der Waals surface area contributed by atoms with Gasteiger partial charge in [0.05, 0.1) is 6.04 Å². The van der Waals surface area contributed by atoms with E-state index in [2.05, 4.69) is 40.8 Å². The van der Waals surface area contributed by atoms with E-state index in [1.807, 2.05) is 19.0 Å². The molecule has 0 fully saturated rings. The average Bonchev–Trinajstić information content (AvgIpc) is 2.79. The SMILES string of the molecule is CN1CCCc2cc([C@H](CNC(=O)C(=O)Nc3ccc4c(c3)OCCO4)N(C)C)ccc21. The van der Waals surface area contributed by atoms with Gasteiger partial charge in [-0.05, 0) is 56.3 Å². The van der Waals surface area contributed by atoms with Crippen LogP contribution in [0.4, 0.5) is 11.4 Å². The Hall–Kier alpha value is -3.26. The number of benzene rings is 2. The molecule has 0 saturated carbocycles. The van der Waals surface area contributed by atoms with Crippen LogP contribution in [0.1, 0.15) is 23.6 Å². The number of nitrogens with one attached hydrogen (secondary N) is 2. The van der Waals surface area contributed by atoms with Crippen molar-refractivity contribution in [2.24, 2.45) is 0 Å². The molecule has 1 atom stereocenters. The zero-order chi connectivity index (χ0) is 22.7. The van der Waals surface area contributed by atoms with Crippen LogP contribution in [0, 0.1) is 0 Å². The van der Waals surface area contributed by atoms with Gasteiger partial charge in [0.15, 0.2) is 11.5 Å². The van der Waals surface area contributed by atoms with Gasteiger partial charge in [0, 0.05) is 37.6 Å². The van der Waals surface area contributed by atoms with E-state index in [9.17, 15) is 9.59 Å². The number of hydrogen-bond acceptors (Lipinski definition) is 6. The van der Waals surface area contributed by atoms with Crippen LogP contribution in [-0.4, -0.2) is 64.2 Å². The molecule has 2 aromatic rings. The summed E-state index contributed by atoms with van der Waals surface area (Å²) in [4.78, 5) is 29.2. The van der Waals surface area contributed by atoms with E-state index in [0.29, 0.717) is 36.9 Å². The van der Waals surface area contributed by atoms with E-state index in [0.717, 1.165) is 24.9 Å². The van der Waals surface area contributed by atoms with Gasteiger partial charge < -0.3 is 29.9 Å². The molecule has 2 N–H and O–H groups in total. The molecule has 0 spiro atoms. The van der Waals surface area contributed by atoms with Crippen molar-refractivity contribution < 1.29 is 19.1 Å². The summed E-state index contributed by atoms with van der Waals surface area (Å²) in [5, 5.41) is 5.40. The fraction of sp³-hybridized carbons (Fsp3) is 0.417. The van der Waals surface area contributed by atoms with Crippen molar-refractivity contribution in [1.29, 1.82) is 0 Å². The second-order valence-electron chi connectivity index (χ2n) is 8.42. The molecular weight excluding hydrogens is 408 g/mol. The van der Waals surface area contributed by atoms with Gasteiger partial charge in [0.25, 0.3) is 0 Å². The zero-order valence-electron chi connectivity index (χ0n) is 18.8. The summed E-state index contributed by atoms with van der Waals surface area (Å²) in [5.74, 6) is -0.209. The zero-order valence-corrected chi connectivity index (χ0v) is 18.8. The number of anilines is 2. The lowest BCUT2D eigenvalue weighted by atomic mass is 9.96. The van der Waals surface area contributed by atoms with Crippen LogP contribution in [0.25, 0.3) is 0 Å². The first-order valence-electron chi connectivity index (χ1n) is 10.9. The van der Waals surface area contributed by atoms with Gasteiger partial charge in [0.2, 0.25) is 0 Å². The fourth-order valence-corrected chi connectivity index (χ4v) is 4.19. The lowest BCUT2D eigenvalue weighted by Crippen LogP contribution is -2.40. The molecule has 2 aromatic carbocycles. The Morgan fingerprint density at radius 2 is 1.84 bits per heavy atom. The van der Waals surface area contributed by atoms with Crippen LogP contribution in [-0.2, 0) is 16.0 Å². The minimum absolute atomic E-state index is 0.0430. The Balaban J connectivity index is 1.38. The fourth-order valence-electron chi connectivity index (χ4n) is 4.19. The van der Waals surface area contributed by atoms with E-state index in [1.165, 1.54) is 11.3 Å². The van der Waals surface area contributed by atoms with Crippen LogP contribution in [0.5, 0.6) is 11.5 Å². The number of carbonyl (C=O) groups is 2. The maximum Gasteiger partial charge on any atom is 0.313 e. The summed E-state index contributed by atoms with van der Waals surface area (Å²) in [6, 6.07) is 11.5. The quantitative estimate of drug-likeness (QED) is 0.697. The average molecular weight is 439 g/mol. The van der Waals surface area contributed by atoms with Gasteiger partial charge in [-0.15, -0.1) is 0 Å². The number of amides is 2. The van der Waals surface area contributed by atoms with Crippen LogP contribution in [0.2, 0.25) is 0 Å². The Morgan fingerprint density at radius 3 is 2.62 bits per heavy atom. The first-order chi connectivity index (χ1) is 15.4. The Bertz CT molecular complexity index is 1010. The minimum Gasteiger partial charge on any atom is -0.486 e. The van der Waals surface area contributed by atoms with Gasteiger partial charge in [-0.3, -0.25) is 9.59 Å². The summed E-state index contributed by atoms with van der Waals surface area (Å²) in [5.41, 5.74) is 4.19. The third-order valence-electron chi connectivity index (χ3n) is 5.92. The highest BCUT2D eigenvalue weighted by Gasteiger charge is 2.22. The van der Waals surface area contributed by atoms with E-state index in [-0.39, 0.29) is 6.04 Å². The first-order valence-corrected chi connectivity index (χ1v) is 10.9. The van der Waals surface area contributed by atoms with Crippen molar-refractivity contribution in [3.63, 3.8) is 0 Å². The van der Waals surface area contributed by atoms with E-state index in [1.54, 1.807) is 18.2 Å². The standard InChI is InChI=1S/C24H30N4O4/c1-27(2)20(17-6-8-19-16(13-17)5-4-10-28(19)3)15-25-23(29)24(30)26-18-7-9-21-22(14-18)32-12-11-31-21/h6-9,13-14,20H,4-5,10-12,15H2,1-3H3,(H,25,29)(H,26,30)/t20-/m0/s1. The smallest absolute Gasteiger partial charge is 0.313 e. The van der Waals surface area contributed by atoms with Crippen molar-refractivity contribution in [3.05, 3.63) is 47.5 Å². The molecule has 0 radical (unpaired) electrons.